The number of aromatic nitrogens is 2. The smallest absolute Gasteiger partial charge is 0.144 e. The van der Waals surface area contributed by atoms with Gasteiger partial charge in [0.25, 0.3) is 0 Å². The second-order valence-electron chi connectivity index (χ2n) is 3.88. The summed E-state index contributed by atoms with van der Waals surface area (Å²) < 4.78 is 15.2. The van der Waals surface area contributed by atoms with Crippen LogP contribution in [0.2, 0.25) is 5.02 Å². The third-order valence-corrected chi connectivity index (χ3v) is 2.94. The van der Waals surface area contributed by atoms with Crippen molar-refractivity contribution in [2.45, 2.75) is 6.42 Å². The van der Waals surface area contributed by atoms with Crippen LogP contribution in [0.3, 0.4) is 0 Å². The highest BCUT2D eigenvalue weighted by atomic mass is 35.5. The fourth-order valence-electron chi connectivity index (χ4n) is 1.80. The number of halogens is 3. The molecule has 0 aliphatic carbocycles. The number of fused-ring (bicyclic) bond motifs is 1. The molecule has 1 heterocycles. The van der Waals surface area contributed by atoms with Crippen LogP contribution in [0.1, 0.15) is 5.82 Å². The molecule has 0 bridgehead atoms. The van der Waals surface area contributed by atoms with Gasteiger partial charge in [0.2, 0.25) is 0 Å². The lowest BCUT2D eigenvalue weighted by atomic mass is 10.3. The van der Waals surface area contributed by atoms with Crippen LogP contribution >= 0.6 is 23.2 Å². The monoisotopic (exact) mass is 275 g/mol. The molecule has 0 N–H and O–H groups in total. The average molecular weight is 276 g/mol. The Labute approximate surface area is 109 Å². The standard InChI is InChI=1S/C11H12Cl2FN3/c1-16(2)17-10-5-7(13)8(14)6-9(10)15-11(17)3-4-12/h5-6H,3-4H2,1-2H3. The molecule has 1 aromatic carbocycles. The van der Waals surface area contributed by atoms with Crippen molar-refractivity contribution < 1.29 is 4.39 Å². The quantitative estimate of drug-likeness (QED) is 0.804. The molecule has 1 aromatic heterocycles. The van der Waals surface area contributed by atoms with E-state index in [1.54, 1.807) is 6.07 Å². The van der Waals surface area contributed by atoms with Gasteiger partial charge in [-0.25, -0.2) is 14.1 Å². The molecule has 2 aromatic rings. The van der Waals surface area contributed by atoms with E-state index in [2.05, 4.69) is 4.98 Å². The highest BCUT2D eigenvalue weighted by Crippen LogP contribution is 2.24. The van der Waals surface area contributed by atoms with Gasteiger partial charge in [0.15, 0.2) is 0 Å². The van der Waals surface area contributed by atoms with E-state index in [-0.39, 0.29) is 5.02 Å². The fraction of sp³-hybridized carbons (Fsp3) is 0.364. The van der Waals surface area contributed by atoms with Crippen LogP contribution in [0, 0.1) is 5.82 Å². The summed E-state index contributed by atoms with van der Waals surface area (Å²) >= 11 is 11.5. The van der Waals surface area contributed by atoms with Gasteiger partial charge in [0.1, 0.15) is 11.6 Å². The summed E-state index contributed by atoms with van der Waals surface area (Å²) in [5, 5.41) is 1.96. The molecule has 0 atom stereocenters. The Morgan fingerprint density at radius 2 is 2.12 bits per heavy atom. The van der Waals surface area contributed by atoms with Crippen molar-refractivity contribution in [2.24, 2.45) is 0 Å². The van der Waals surface area contributed by atoms with Crippen molar-refractivity contribution in [1.29, 1.82) is 0 Å². The van der Waals surface area contributed by atoms with Crippen molar-refractivity contribution in [3.8, 4) is 0 Å². The molecule has 17 heavy (non-hydrogen) atoms. The molecule has 0 amide bonds. The molecule has 92 valence electrons. The van der Waals surface area contributed by atoms with Gasteiger partial charge in [0.05, 0.1) is 16.1 Å². The third kappa shape index (κ3) is 2.19. The molecule has 2 rings (SSSR count). The van der Waals surface area contributed by atoms with Crippen LogP contribution in [-0.4, -0.2) is 29.6 Å². The maximum absolute atomic E-state index is 13.4. The van der Waals surface area contributed by atoms with Crippen molar-refractivity contribution in [1.82, 2.24) is 9.66 Å². The Bertz CT molecular complexity index is 551. The lowest BCUT2D eigenvalue weighted by molar-refractivity contribution is 0.629. The summed E-state index contributed by atoms with van der Waals surface area (Å²) in [6.07, 6.45) is 0.619. The van der Waals surface area contributed by atoms with Gasteiger partial charge in [-0.05, 0) is 6.07 Å². The Kier molecular flexibility index (Phi) is 3.45. The minimum atomic E-state index is -0.458. The van der Waals surface area contributed by atoms with Crippen LogP contribution in [0.15, 0.2) is 12.1 Å². The summed E-state index contributed by atoms with van der Waals surface area (Å²) in [6, 6.07) is 2.92. The first-order valence-corrected chi connectivity index (χ1v) is 6.05. The van der Waals surface area contributed by atoms with Gasteiger partial charge in [0, 0.05) is 32.5 Å². The lowest BCUT2D eigenvalue weighted by Gasteiger charge is -2.17. The zero-order valence-corrected chi connectivity index (χ0v) is 11.1. The topological polar surface area (TPSA) is 21.1 Å². The summed E-state index contributed by atoms with van der Waals surface area (Å²) in [5.74, 6) is 0.801. The minimum Gasteiger partial charge on any atom is -0.317 e. The number of hydrogen-bond donors (Lipinski definition) is 0. The fourth-order valence-corrected chi connectivity index (χ4v) is 2.13. The van der Waals surface area contributed by atoms with Crippen LogP contribution in [0.4, 0.5) is 4.39 Å². The van der Waals surface area contributed by atoms with E-state index < -0.39 is 5.82 Å². The van der Waals surface area contributed by atoms with E-state index in [1.165, 1.54) is 6.07 Å². The number of hydrogen-bond acceptors (Lipinski definition) is 2. The van der Waals surface area contributed by atoms with Gasteiger partial charge in [-0.15, -0.1) is 11.6 Å². The van der Waals surface area contributed by atoms with Crippen molar-refractivity contribution >= 4 is 34.2 Å². The van der Waals surface area contributed by atoms with Crippen LogP contribution < -0.4 is 5.01 Å². The molecule has 0 unspecified atom stereocenters. The highest BCUT2D eigenvalue weighted by molar-refractivity contribution is 6.31. The second kappa shape index (κ2) is 4.70. The van der Waals surface area contributed by atoms with Crippen molar-refractivity contribution in [2.75, 3.05) is 25.0 Å². The first kappa shape index (κ1) is 12.5. The average Bonchev–Trinajstić information content (AvgIpc) is 2.57. The van der Waals surface area contributed by atoms with Crippen molar-refractivity contribution in [3.05, 3.63) is 28.8 Å². The van der Waals surface area contributed by atoms with Gasteiger partial charge < -0.3 is 5.01 Å². The Hall–Kier alpha value is -1.00. The van der Waals surface area contributed by atoms with Crippen LogP contribution in [-0.2, 0) is 6.42 Å². The van der Waals surface area contributed by atoms with E-state index >= 15 is 0 Å². The third-order valence-electron chi connectivity index (χ3n) is 2.46. The summed E-state index contributed by atoms with van der Waals surface area (Å²) in [4.78, 5) is 4.36. The molecule has 0 aliphatic rings. The van der Waals surface area contributed by atoms with Gasteiger partial charge in [-0.3, -0.25) is 0 Å². The molecule has 0 spiro atoms. The number of rotatable bonds is 3. The molecular weight excluding hydrogens is 264 g/mol. The summed E-state index contributed by atoms with van der Waals surface area (Å²) in [7, 11) is 3.77. The zero-order chi connectivity index (χ0) is 12.6. The largest absolute Gasteiger partial charge is 0.317 e. The van der Waals surface area contributed by atoms with Crippen LogP contribution in [0.25, 0.3) is 11.0 Å². The van der Waals surface area contributed by atoms with Gasteiger partial charge >= 0.3 is 0 Å². The molecule has 0 aliphatic heterocycles. The summed E-state index contributed by atoms with van der Waals surface area (Å²) in [5.41, 5.74) is 1.36. The van der Waals surface area contributed by atoms with E-state index in [0.29, 0.717) is 17.8 Å². The molecule has 0 saturated carbocycles. The van der Waals surface area contributed by atoms with E-state index in [0.717, 1.165) is 11.3 Å². The van der Waals surface area contributed by atoms with E-state index in [1.807, 2.05) is 23.8 Å². The zero-order valence-electron chi connectivity index (χ0n) is 9.54. The predicted octanol–water partition coefficient (Wildman–Crippen LogP) is 2.81. The first-order chi connectivity index (χ1) is 8.04. The summed E-state index contributed by atoms with van der Waals surface area (Å²) in [6.45, 7) is 0. The SMILES string of the molecule is CN(C)n1c(CCCl)nc2cc(F)c(Cl)cc21. The molecule has 3 nitrogen and oxygen atoms in total. The number of alkyl halides is 1. The van der Waals surface area contributed by atoms with Crippen molar-refractivity contribution in [3.63, 3.8) is 0 Å². The maximum Gasteiger partial charge on any atom is 0.144 e. The minimum absolute atomic E-state index is 0.0953. The number of nitrogens with zero attached hydrogens (tertiary/aromatic N) is 3. The lowest BCUT2D eigenvalue weighted by Crippen LogP contribution is -2.27. The molecule has 0 fully saturated rings. The van der Waals surface area contributed by atoms with E-state index in [4.69, 9.17) is 23.2 Å². The Balaban J connectivity index is 2.71. The molecule has 6 heteroatoms. The van der Waals surface area contributed by atoms with Gasteiger partial charge in [-0.1, -0.05) is 11.6 Å². The molecule has 0 radical (unpaired) electrons. The maximum atomic E-state index is 13.4. The normalized spacial score (nSPS) is 11.1. The Morgan fingerprint density at radius 1 is 1.41 bits per heavy atom. The number of imidazole rings is 1. The first-order valence-electron chi connectivity index (χ1n) is 5.14. The van der Waals surface area contributed by atoms with E-state index in [9.17, 15) is 4.39 Å². The molecule has 0 saturated heterocycles. The number of benzene rings is 1. The van der Waals surface area contributed by atoms with Gasteiger partial charge in [-0.2, -0.15) is 0 Å². The Morgan fingerprint density at radius 3 is 2.71 bits per heavy atom. The second-order valence-corrected chi connectivity index (χ2v) is 4.67. The molecular formula is C11H12Cl2FN3. The number of aryl methyl sites for hydroxylation is 1. The highest BCUT2D eigenvalue weighted by Gasteiger charge is 2.14. The van der Waals surface area contributed by atoms with Crippen LogP contribution in [0.5, 0.6) is 0 Å². The predicted molar refractivity (Wildman–Crippen MR) is 69.2 cm³/mol.